The van der Waals surface area contributed by atoms with Crippen molar-refractivity contribution in [2.24, 2.45) is 0 Å². The third kappa shape index (κ3) is 2.81. The second-order valence-electron chi connectivity index (χ2n) is 5.39. The Bertz CT molecular complexity index is 974. The van der Waals surface area contributed by atoms with Crippen LogP contribution in [-0.2, 0) is 11.3 Å². The van der Waals surface area contributed by atoms with Gasteiger partial charge in [0.25, 0.3) is 0 Å². The molecule has 1 aromatic heterocycles. The molecule has 3 rings (SSSR count). The summed E-state index contributed by atoms with van der Waals surface area (Å²) in [6.45, 7) is 0.211. The molecule has 1 N–H and O–H groups in total. The summed E-state index contributed by atoms with van der Waals surface area (Å²) in [7, 11) is 4.54. The number of hydrogen-bond acceptors (Lipinski definition) is 6. The van der Waals surface area contributed by atoms with Crippen LogP contribution in [0.5, 0.6) is 17.2 Å². The molecule has 6 heteroatoms. The summed E-state index contributed by atoms with van der Waals surface area (Å²) in [6.07, 6.45) is 1.33. The summed E-state index contributed by atoms with van der Waals surface area (Å²) in [5.74, 6) is 0.839. The van der Waals surface area contributed by atoms with Crippen LogP contribution < -0.4 is 14.9 Å². The lowest BCUT2D eigenvalue weighted by molar-refractivity contribution is 0.178. The predicted molar refractivity (Wildman–Crippen MR) is 93.4 cm³/mol. The van der Waals surface area contributed by atoms with Gasteiger partial charge in [-0.2, -0.15) is 0 Å². The van der Waals surface area contributed by atoms with Gasteiger partial charge in [-0.25, -0.2) is 0 Å². The smallest absolute Gasteiger partial charge is 0.204 e. The normalized spacial score (nSPS) is 10.8. The van der Waals surface area contributed by atoms with E-state index >= 15 is 0 Å². The Balaban J connectivity index is 2.38. The fraction of sp³-hybridized carbons (Fsp3) is 0.211. The molecule has 0 unspecified atom stereocenters. The topological polar surface area (TPSA) is 78.1 Å². The van der Waals surface area contributed by atoms with Gasteiger partial charge < -0.3 is 23.7 Å². The highest BCUT2D eigenvalue weighted by Gasteiger charge is 2.21. The third-order valence-electron chi connectivity index (χ3n) is 3.99. The van der Waals surface area contributed by atoms with E-state index in [4.69, 9.17) is 18.6 Å². The second kappa shape index (κ2) is 6.86. The molecule has 0 aliphatic heterocycles. The van der Waals surface area contributed by atoms with Gasteiger partial charge >= 0.3 is 0 Å². The number of ether oxygens (including phenoxy) is 3. The molecule has 0 saturated heterocycles. The minimum absolute atomic E-state index is 0.00116. The zero-order chi connectivity index (χ0) is 18.0. The van der Waals surface area contributed by atoms with Crippen LogP contribution in [0.2, 0.25) is 0 Å². The molecule has 0 fully saturated rings. The van der Waals surface area contributed by atoms with Crippen LogP contribution in [0, 0.1) is 0 Å². The molecule has 6 nitrogen and oxygen atoms in total. The van der Waals surface area contributed by atoms with Gasteiger partial charge in [0.15, 0.2) is 0 Å². The fourth-order valence-electron chi connectivity index (χ4n) is 2.85. The molecule has 25 heavy (non-hydrogen) atoms. The second-order valence-corrected chi connectivity index (χ2v) is 5.39. The van der Waals surface area contributed by atoms with Crippen molar-refractivity contribution in [3.05, 3.63) is 52.4 Å². The summed E-state index contributed by atoms with van der Waals surface area (Å²) in [5, 5.41) is 10.3. The Kier molecular flexibility index (Phi) is 4.63. The number of fused-ring (bicyclic) bond motifs is 1. The maximum Gasteiger partial charge on any atom is 0.204 e. The molecule has 130 valence electrons. The van der Waals surface area contributed by atoms with Gasteiger partial charge in [0.1, 0.15) is 34.5 Å². The highest BCUT2D eigenvalue weighted by atomic mass is 16.5. The fourth-order valence-corrected chi connectivity index (χ4v) is 2.85. The van der Waals surface area contributed by atoms with Crippen molar-refractivity contribution in [3.8, 4) is 28.4 Å². The Morgan fingerprint density at radius 2 is 1.84 bits per heavy atom. The Hall–Kier alpha value is -2.99. The van der Waals surface area contributed by atoms with Gasteiger partial charge in [0.2, 0.25) is 5.43 Å². The Morgan fingerprint density at radius 3 is 2.48 bits per heavy atom. The van der Waals surface area contributed by atoms with Crippen LogP contribution in [0.25, 0.3) is 22.1 Å². The summed E-state index contributed by atoms with van der Waals surface area (Å²) in [6, 6.07) is 8.21. The lowest BCUT2D eigenvalue weighted by Crippen LogP contribution is -2.09. The van der Waals surface area contributed by atoms with E-state index in [1.165, 1.54) is 26.5 Å². The predicted octanol–water partition coefficient (Wildman–Crippen LogP) is 3.33. The molecule has 0 radical (unpaired) electrons. The molecule has 0 aliphatic carbocycles. The molecule has 2 aromatic carbocycles. The third-order valence-corrected chi connectivity index (χ3v) is 3.99. The lowest BCUT2D eigenvalue weighted by atomic mass is 10.0. The van der Waals surface area contributed by atoms with Crippen molar-refractivity contribution in [2.75, 3.05) is 21.3 Å². The first-order valence-corrected chi connectivity index (χ1v) is 7.59. The minimum atomic E-state index is -0.306. The monoisotopic (exact) mass is 342 g/mol. The van der Waals surface area contributed by atoms with E-state index < -0.39 is 0 Å². The number of methoxy groups -OCH3 is 3. The summed E-state index contributed by atoms with van der Waals surface area (Å²) < 4.78 is 21.7. The first-order chi connectivity index (χ1) is 12.1. The van der Waals surface area contributed by atoms with Gasteiger partial charge in [-0.3, -0.25) is 4.79 Å². The van der Waals surface area contributed by atoms with E-state index in [0.29, 0.717) is 28.2 Å². The summed E-state index contributed by atoms with van der Waals surface area (Å²) in [5.41, 5.74) is 1.28. The van der Waals surface area contributed by atoms with Crippen molar-refractivity contribution >= 4 is 11.0 Å². The summed E-state index contributed by atoms with van der Waals surface area (Å²) >= 11 is 0. The first-order valence-electron chi connectivity index (χ1n) is 7.59. The number of benzene rings is 2. The zero-order valence-corrected chi connectivity index (χ0v) is 14.2. The molecule has 0 aliphatic rings. The number of aromatic hydroxyl groups is 1. The van der Waals surface area contributed by atoms with Crippen LogP contribution in [0.4, 0.5) is 0 Å². The van der Waals surface area contributed by atoms with Gasteiger partial charge in [0.05, 0.1) is 32.0 Å². The van der Waals surface area contributed by atoms with Crippen LogP contribution in [0.1, 0.15) is 5.56 Å². The van der Waals surface area contributed by atoms with Crippen molar-refractivity contribution in [3.63, 3.8) is 0 Å². The number of phenols is 1. The average molecular weight is 342 g/mol. The molecule has 0 amide bonds. The van der Waals surface area contributed by atoms with Crippen molar-refractivity contribution in [1.82, 2.24) is 0 Å². The van der Waals surface area contributed by atoms with Gasteiger partial charge in [0, 0.05) is 18.7 Å². The summed E-state index contributed by atoms with van der Waals surface area (Å²) in [4.78, 5) is 13.1. The molecular weight excluding hydrogens is 324 g/mol. The van der Waals surface area contributed by atoms with Crippen molar-refractivity contribution in [1.29, 1.82) is 0 Å². The molecule has 3 aromatic rings. The van der Waals surface area contributed by atoms with Gasteiger partial charge in [-0.05, 0) is 6.07 Å². The lowest BCUT2D eigenvalue weighted by Gasteiger charge is -2.15. The molecule has 0 atom stereocenters. The van der Waals surface area contributed by atoms with Crippen molar-refractivity contribution < 1.29 is 23.7 Å². The zero-order valence-electron chi connectivity index (χ0n) is 14.2. The quantitative estimate of drug-likeness (QED) is 0.766. The number of phenolic OH excluding ortho intramolecular Hbond substituents is 1. The van der Waals surface area contributed by atoms with Crippen LogP contribution in [0.15, 0.2) is 45.8 Å². The average Bonchev–Trinajstić information content (AvgIpc) is 2.62. The van der Waals surface area contributed by atoms with E-state index in [2.05, 4.69) is 0 Å². The van der Waals surface area contributed by atoms with E-state index in [0.717, 1.165) is 0 Å². The molecule has 0 spiro atoms. The standard InChI is InChI=1S/C19H18O6/c1-22-9-13-15(23-2)8-16-17(19(13)24-3)18(21)12(10-25-16)11-6-4-5-7-14(11)20/h4-8,10,20H,9H2,1-3H3. The highest BCUT2D eigenvalue weighted by Crippen LogP contribution is 2.37. The maximum absolute atomic E-state index is 13.1. The van der Waals surface area contributed by atoms with Gasteiger partial charge in [-0.1, -0.05) is 18.2 Å². The molecule has 1 heterocycles. The number of para-hydroxylation sites is 1. The number of hydrogen-bond donors (Lipinski definition) is 1. The molecule has 0 saturated carbocycles. The van der Waals surface area contributed by atoms with E-state index in [1.54, 1.807) is 31.4 Å². The molecule has 0 bridgehead atoms. The largest absolute Gasteiger partial charge is 0.507 e. The van der Waals surface area contributed by atoms with Crippen molar-refractivity contribution in [2.45, 2.75) is 6.61 Å². The highest BCUT2D eigenvalue weighted by molar-refractivity contribution is 5.90. The van der Waals surface area contributed by atoms with E-state index in [1.807, 2.05) is 0 Å². The maximum atomic E-state index is 13.1. The number of rotatable bonds is 5. The first kappa shape index (κ1) is 16.9. The van der Waals surface area contributed by atoms with Crippen LogP contribution >= 0.6 is 0 Å². The van der Waals surface area contributed by atoms with Crippen LogP contribution in [0.3, 0.4) is 0 Å². The SMILES string of the molecule is COCc1c(OC)cc2occ(-c3ccccc3O)c(=O)c2c1OC. The van der Waals surface area contributed by atoms with E-state index in [9.17, 15) is 9.90 Å². The molecular formula is C19H18O6. The van der Waals surface area contributed by atoms with Crippen LogP contribution in [-0.4, -0.2) is 26.4 Å². The van der Waals surface area contributed by atoms with E-state index in [-0.39, 0.29) is 28.7 Å². The van der Waals surface area contributed by atoms with Gasteiger partial charge in [-0.15, -0.1) is 0 Å². The minimum Gasteiger partial charge on any atom is -0.507 e. The Morgan fingerprint density at radius 1 is 1.08 bits per heavy atom. The Labute approximate surface area is 144 Å².